The zero-order chi connectivity index (χ0) is 17.7. The van der Waals surface area contributed by atoms with Crippen LogP contribution in [0, 0.1) is 0 Å². The van der Waals surface area contributed by atoms with E-state index in [0.29, 0.717) is 11.3 Å². The second-order valence-corrected chi connectivity index (χ2v) is 5.46. The Morgan fingerprint density at radius 2 is 1.67 bits per heavy atom. The third-order valence-corrected chi connectivity index (χ3v) is 3.48. The lowest BCUT2D eigenvalue weighted by Gasteiger charge is -2.22. The Labute approximate surface area is 138 Å². The molecule has 3 nitrogen and oxygen atoms in total. The normalized spacial score (nSPS) is 12.5. The zero-order valence-corrected chi connectivity index (χ0v) is 13.4. The summed E-state index contributed by atoms with van der Waals surface area (Å²) in [6, 6.07) is 13.7. The fourth-order valence-corrected chi connectivity index (χ4v) is 2.21. The van der Waals surface area contributed by atoms with Gasteiger partial charge >= 0.3 is 6.18 Å². The summed E-state index contributed by atoms with van der Waals surface area (Å²) < 4.78 is 43.2. The number of hydrogen-bond acceptors (Lipinski definition) is 2. The molecule has 6 heteroatoms. The number of para-hydroxylation sites is 1. The molecule has 1 atom stereocenters. The van der Waals surface area contributed by atoms with Crippen LogP contribution in [0.3, 0.4) is 0 Å². The van der Waals surface area contributed by atoms with Crippen molar-refractivity contribution in [3.05, 3.63) is 65.7 Å². The van der Waals surface area contributed by atoms with Gasteiger partial charge in [-0.1, -0.05) is 30.3 Å². The smallest absolute Gasteiger partial charge is 0.416 e. The van der Waals surface area contributed by atoms with Crippen LogP contribution in [0.1, 0.15) is 18.1 Å². The maximum Gasteiger partial charge on any atom is 0.416 e. The fourth-order valence-electron chi connectivity index (χ4n) is 2.21. The Morgan fingerprint density at radius 1 is 1.08 bits per heavy atom. The number of nitrogens with zero attached hydrogens (tertiary/aromatic N) is 1. The van der Waals surface area contributed by atoms with Crippen molar-refractivity contribution in [2.45, 2.75) is 25.7 Å². The molecule has 0 saturated heterocycles. The number of rotatable bonds is 5. The number of likely N-dealkylation sites (N-methyl/N-ethyl adjacent to an activating group) is 1. The van der Waals surface area contributed by atoms with Crippen LogP contribution in [0.15, 0.2) is 54.6 Å². The van der Waals surface area contributed by atoms with E-state index in [1.54, 1.807) is 38.2 Å². The lowest BCUT2D eigenvalue weighted by Crippen LogP contribution is -2.37. The van der Waals surface area contributed by atoms with Crippen molar-refractivity contribution in [2.24, 2.45) is 0 Å². The second-order valence-electron chi connectivity index (χ2n) is 5.46. The van der Waals surface area contributed by atoms with E-state index in [9.17, 15) is 18.0 Å². The van der Waals surface area contributed by atoms with Crippen molar-refractivity contribution in [1.82, 2.24) is 4.90 Å². The minimum Gasteiger partial charge on any atom is -0.481 e. The zero-order valence-electron chi connectivity index (χ0n) is 13.4. The number of amides is 1. The van der Waals surface area contributed by atoms with Gasteiger partial charge in [0, 0.05) is 13.6 Å². The number of ether oxygens (including phenoxy) is 1. The van der Waals surface area contributed by atoms with E-state index in [1.807, 2.05) is 6.07 Å². The minimum atomic E-state index is -4.36. The molecule has 1 amide bonds. The summed E-state index contributed by atoms with van der Waals surface area (Å²) in [4.78, 5) is 13.7. The minimum absolute atomic E-state index is 0.208. The van der Waals surface area contributed by atoms with E-state index in [4.69, 9.17) is 4.74 Å². The van der Waals surface area contributed by atoms with E-state index >= 15 is 0 Å². The quantitative estimate of drug-likeness (QED) is 0.821. The molecule has 0 aliphatic heterocycles. The fraction of sp³-hybridized carbons (Fsp3) is 0.278. The number of hydrogen-bond donors (Lipinski definition) is 0. The predicted molar refractivity (Wildman–Crippen MR) is 84.5 cm³/mol. The first kappa shape index (κ1) is 17.8. The number of benzene rings is 2. The lowest BCUT2D eigenvalue weighted by molar-refractivity contribution is -0.138. The van der Waals surface area contributed by atoms with Crippen molar-refractivity contribution in [2.75, 3.05) is 7.05 Å². The van der Waals surface area contributed by atoms with Crippen molar-refractivity contribution in [3.63, 3.8) is 0 Å². The van der Waals surface area contributed by atoms with Gasteiger partial charge in [-0.25, -0.2) is 0 Å². The lowest BCUT2D eigenvalue weighted by atomic mass is 10.1. The van der Waals surface area contributed by atoms with Gasteiger partial charge in [-0.3, -0.25) is 4.79 Å². The average Bonchev–Trinajstić information content (AvgIpc) is 2.54. The molecule has 0 heterocycles. The Kier molecular flexibility index (Phi) is 5.49. The number of carbonyl (C=O) groups excluding carboxylic acids is 1. The molecule has 1 unspecified atom stereocenters. The van der Waals surface area contributed by atoms with Crippen LogP contribution in [0.4, 0.5) is 13.2 Å². The number of carbonyl (C=O) groups is 1. The van der Waals surface area contributed by atoms with Gasteiger partial charge < -0.3 is 9.64 Å². The maximum atomic E-state index is 12.5. The highest BCUT2D eigenvalue weighted by molar-refractivity contribution is 5.80. The van der Waals surface area contributed by atoms with Gasteiger partial charge in [0.2, 0.25) is 0 Å². The Morgan fingerprint density at radius 3 is 2.21 bits per heavy atom. The van der Waals surface area contributed by atoms with Crippen LogP contribution in [0.5, 0.6) is 5.75 Å². The molecule has 2 aromatic carbocycles. The Hall–Kier alpha value is -2.50. The highest BCUT2D eigenvalue weighted by Gasteiger charge is 2.30. The molecule has 0 N–H and O–H groups in total. The summed E-state index contributed by atoms with van der Waals surface area (Å²) in [6.07, 6.45) is -5.05. The summed E-state index contributed by atoms with van der Waals surface area (Å²) >= 11 is 0. The van der Waals surface area contributed by atoms with Crippen LogP contribution in [0.25, 0.3) is 0 Å². The first-order valence-corrected chi connectivity index (χ1v) is 7.40. The van der Waals surface area contributed by atoms with Crippen LogP contribution in [-0.2, 0) is 17.5 Å². The van der Waals surface area contributed by atoms with E-state index < -0.39 is 17.8 Å². The number of halogens is 3. The summed E-state index contributed by atoms with van der Waals surface area (Å²) in [7, 11) is 1.59. The largest absolute Gasteiger partial charge is 0.481 e. The molecule has 0 spiro atoms. The summed E-state index contributed by atoms with van der Waals surface area (Å²) in [5, 5.41) is 0. The molecule has 0 aromatic heterocycles. The van der Waals surface area contributed by atoms with Crippen LogP contribution >= 0.6 is 0 Å². The third kappa shape index (κ3) is 4.75. The molecule has 2 rings (SSSR count). The van der Waals surface area contributed by atoms with Gasteiger partial charge in [-0.2, -0.15) is 13.2 Å². The summed E-state index contributed by atoms with van der Waals surface area (Å²) in [5.74, 6) is 0.333. The van der Waals surface area contributed by atoms with Gasteiger partial charge in [-0.05, 0) is 36.8 Å². The van der Waals surface area contributed by atoms with E-state index in [0.717, 1.165) is 12.1 Å². The highest BCUT2D eigenvalue weighted by Crippen LogP contribution is 2.29. The molecule has 0 bridgehead atoms. The Balaban J connectivity index is 1.96. The van der Waals surface area contributed by atoms with Gasteiger partial charge in [-0.15, -0.1) is 0 Å². The molecule has 2 aromatic rings. The SMILES string of the molecule is CC(Oc1ccccc1)C(=O)N(C)Cc1ccc(C(F)(F)F)cc1. The molecule has 0 saturated carbocycles. The van der Waals surface area contributed by atoms with E-state index in [-0.39, 0.29) is 12.5 Å². The molecule has 0 radical (unpaired) electrons. The molecule has 24 heavy (non-hydrogen) atoms. The van der Waals surface area contributed by atoms with Crippen LogP contribution in [0.2, 0.25) is 0 Å². The Bertz CT molecular complexity index is 669. The average molecular weight is 337 g/mol. The van der Waals surface area contributed by atoms with Gasteiger partial charge in [0.15, 0.2) is 6.10 Å². The predicted octanol–water partition coefficient (Wildman–Crippen LogP) is 4.13. The first-order chi connectivity index (χ1) is 11.3. The topological polar surface area (TPSA) is 29.5 Å². The molecule has 0 aliphatic rings. The van der Waals surface area contributed by atoms with E-state index in [1.165, 1.54) is 17.0 Å². The van der Waals surface area contributed by atoms with Crippen molar-refractivity contribution in [3.8, 4) is 5.75 Å². The summed E-state index contributed by atoms with van der Waals surface area (Å²) in [5.41, 5.74) is -0.0910. The molecule has 128 valence electrons. The first-order valence-electron chi connectivity index (χ1n) is 7.40. The van der Waals surface area contributed by atoms with Crippen molar-refractivity contribution >= 4 is 5.91 Å². The van der Waals surface area contributed by atoms with Gasteiger partial charge in [0.05, 0.1) is 5.56 Å². The van der Waals surface area contributed by atoms with E-state index in [2.05, 4.69) is 0 Å². The standard InChI is InChI=1S/C18H18F3NO2/c1-13(24-16-6-4-3-5-7-16)17(23)22(2)12-14-8-10-15(11-9-14)18(19,20)21/h3-11,13H,12H2,1-2H3. The van der Waals surface area contributed by atoms with Crippen LogP contribution < -0.4 is 4.74 Å². The molecule has 0 aliphatic carbocycles. The van der Waals surface area contributed by atoms with Crippen molar-refractivity contribution in [1.29, 1.82) is 0 Å². The third-order valence-electron chi connectivity index (χ3n) is 3.48. The van der Waals surface area contributed by atoms with Crippen molar-refractivity contribution < 1.29 is 22.7 Å². The van der Waals surface area contributed by atoms with Gasteiger partial charge in [0.1, 0.15) is 5.75 Å². The second kappa shape index (κ2) is 7.38. The number of alkyl halides is 3. The summed E-state index contributed by atoms with van der Waals surface area (Å²) in [6.45, 7) is 1.85. The molecular weight excluding hydrogens is 319 g/mol. The van der Waals surface area contributed by atoms with Crippen LogP contribution in [-0.4, -0.2) is 24.0 Å². The molecule has 0 fully saturated rings. The van der Waals surface area contributed by atoms with Gasteiger partial charge in [0.25, 0.3) is 5.91 Å². The monoisotopic (exact) mass is 337 g/mol. The maximum absolute atomic E-state index is 12.5. The molecular formula is C18H18F3NO2. The highest BCUT2D eigenvalue weighted by atomic mass is 19.4.